The zero-order chi connectivity index (χ0) is 26.8. The number of allylic oxidation sites excluding steroid dienone is 2. The molecule has 0 radical (unpaired) electrons. The Hall–Kier alpha value is -2.82. The first-order valence-corrected chi connectivity index (χ1v) is 11.0. The average molecular weight is 566 g/mol. The van der Waals surface area contributed by atoms with Gasteiger partial charge in [0.2, 0.25) is 0 Å². The predicted octanol–water partition coefficient (Wildman–Crippen LogP) is 7.88. The van der Waals surface area contributed by atoms with Crippen molar-refractivity contribution in [3.05, 3.63) is 75.3 Å². The van der Waals surface area contributed by atoms with Crippen LogP contribution in [0.15, 0.2) is 53.0 Å². The van der Waals surface area contributed by atoms with Gasteiger partial charge in [-0.1, -0.05) is 40.2 Å². The highest BCUT2D eigenvalue weighted by molar-refractivity contribution is 9.10. The van der Waals surface area contributed by atoms with E-state index in [9.17, 15) is 35.9 Å². The van der Waals surface area contributed by atoms with Crippen molar-refractivity contribution in [1.82, 2.24) is 5.32 Å². The zero-order valence-corrected chi connectivity index (χ0v) is 20.7. The van der Waals surface area contributed by atoms with Gasteiger partial charge < -0.3 is 10.1 Å². The summed E-state index contributed by atoms with van der Waals surface area (Å²) in [6, 6.07) is 6.71. The molecule has 2 aromatic carbocycles. The van der Waals surface area contributed by atoms with E-state index in [4.69, 9.17) is 4.74 Å². The van der Waals surface area contributed by atoms with Crippen molar-refractivity contribution in [2.24, 2.45) is 0 Å². The molecule has 4 nitrogen and oxygen atoms in total. The van der Waals surface area contributed by atoms with E-state index < -0.39 is 52.6 Å². The van der Waals surface area contributed by atoms with Gasteiger partial charge in [-0.15, -0.1) is 0 Å². The van der Waals surface area contributed by atoms with Gasteiger partial charge in [-0.25, -0.2) is 4.79 Å². The lowest BCUT2D eigenvalue weighted by Crippen LogP contribution is -2.34. The van der Waals surface area contributed by atoms with E-state index in [2.05, 4.69) is 21.2 Å². The van der Waals surface area contributed by atoms with E-state index in [0.29, 0.717) is 17.7 Å². The number of nitrogens with one attached hydrogen (secondary N) is 1. The molecule has 1 atom stereocenters. The summed E-state index contributed by atoms with van der Waals surface area (Å²) in [4.78, 5) is 24.5. The molecule has 0 aliphatic heterocycles. The molecular formula is C24H22BrF6NO3. The number of alkyl halides is 6. The second kappa shape index (κ2) is 10.4. The Morgan fingerprint density at radius 2 is 1.51 bits per heavy atom. The Bertz CT molecular complexity index is 1120. The van der Waals surface area contributed by atoms with E-state index in [1.807, 2.05) is 0 Å². The number of ketones is 1. The number of rotatable bonds is 5. The molecular weight excluding hydrogens is 544 g/mol. The highest BCUT2D eigenvalue weighted by Crippen LogP contribution is 2.39. The first-order valence-electron chi connectivity index (χ1n) is 10.2. The van der Waals surface area contributed by atoms with E-state index in [1.165, 1.54) is 24.3 Å². The van der Waals surface area contributed by atoms with Crippen LogP contribution in [0.2, 0.25) is 0 Å². The van der Waals surface area contributed by atoms with Gasteiger partial charge in [-0.2, -0.15) is 26.3 Å². The van der Waals surface area contributed by atoms with Crippen molar-refractivity contribution in [3.8, 4) is 0 Å². The van der Waals surface area contributed by atoms with Crippen LogP contribution in [0.1, 0.15) is 60.8 Å². The highest BCUT2D eigenvalue weighted by atomic mass is 79.9. The topological polar surface area (TPSA) is 55.4 Å². The number of amides is 1. The summed E-state index contributed by atoms with van der Waals surface area (Å²) < 4.78 is 85.2. The summed E-state index contributed by atoms with van der Waals surface area (Å²) in [7, 11) is 0. The number of carbonyl (C=O) groups is 2. The fourth-order valence-corrected chi connectivity index (χ4v) is 3.45. The molecule has 35 heavy (non-hydrogen) atoms. The Morgan fingerprint density at radius 1 is 0.943 bits per heavy atom. The van der Waals surface area contributed by atoms with Gasteiger partial charge in [0.1, 0.15) is 5.60 Å². The van der Waals surface area contributed by atoms with Crippen molar-refractivity contribution in [3.63, 3.8) is 0 Å². The van der Waals surface area contributed by atoms with Crippen LogP contribution in [0, 0.1) is 0 Å². The first-order chi connectivity index (χ1) is 15.9. The molecule has 0 aliphatic rings. The van der Waals surface area contributed by atoms with Crippen LogP contribution in [0.5, 0.6) is 0 Å². The molecule has 2 rings (SSSR count). The van der Waals surface area contributed by atoms with Crippen LogP contribution in [0.3, 0.4) is 0 Å². The van der Waals surface area contributed by atoms with E-state index in [0.717, 1.165) is 6.07 Å². The predicted molar refractivity (Wildman–Crippen MR) is 122 cm³/mol. The number of halogens is 7. The maximum Gasteiger partial charge on any atom is 0.417 e. The molecule has 190 valence electrons. The second-order valence-electron chi connectivity index (χ2n) is 8.64. The van der Waals surface area contributed by atoms with Crippen LogP contribution < -0.4 is 5.32 Å². The largest absolute Gasteiger partial charge is 0.444 e. The Labute approximate surface area is 206 Å². The number of ether oxygens (including phenoxy) is 1. The number of carbonyl (C=O) groups excluding carboxylic acids is 2. The van der Waals surface area contributed by atoms with Gasteiger partial charge in [-0.3, -0.25) is 4.79 Å². The summed E-state index contributed by atoms with van der Waals surface area (Å²) in [6.07, 6.45) is -10.4. The highest BCUT2D eigenvalue weighted by Gasteiger charge is 2.38. The van der Waals surface area contributed by atoms with Gasteiger partial charge in [0.15, 0.2) is 5.78 Å². The molecule has 11 heteroatoms. The quantitative estimate of drug-likeness (QED) is 0.228. The molecule has 1 amide bonds. The van der Waals surface area contributed by atoms with Crippen LogP contribution in [-0.4, -0.2) is 23.7 Å². The second-order valence-corrected chi connectivity index (χ2v) is 9.55. The van der Waals surface area contributed by atoms with Crippen molar-refractivity contribution in [2.75, 3.05) is 0 Å². The lowest BCUT2D eigenvalue weighted by molar-refractivity contribution is -0.137. The Kier molecular flexibility index (Phi) is 8.47. The maximum absolute atomic E-state index is 13.7. The normalized spacial score (nSPS) is 13.9. The molecule has 0 saturated carbocycles. The molecule has 0 spiro atoms. The molecule has 0 saturated heterocycles. The molecule has 0 bridgehead atoms. The Balaban J connectivity index is 2.33. The Morgan fingerprint density at radius 3 is 2.00 bits per heavy atom. The van der Waals surface area contributed by atoms with Crippen LogP contribution in [0.4, 0.5) is 31.1 Å². The van der Waals surface area contributed by atoms with Gasteiger partial charge in [-0.05, 0) is 63.1 Å². The summed E-state index contributed by atoms with van der Waals surface area (Å²) in [5.74, 6) is -1.05. The first kappa shape index (κ1) is 28.4. The van der Waals surface area contributed by atoms with Gasteiger partial charge in [0, 0.05) is 10.0 Å². The number of hydrogen-bond acceptors (Lipinski definition) is 3. The van der Waals surface area contributed by atoms with E-state index in [-0.39, 0.29) is 16.1 Å². The van der Waals surface area contributed by atoms with E-state index >= 15 is 0 Å². The minimum atomic E-state index is -5.09. The van der Waals surface area contributed by atoms with E-state index in [1.54, 1.807) is 27.7 Å². The third-order valence-corrected chi connectivity index (χ3v) is 5.00. The lowest BCUT2D eigenvalue weighted by atomic mass is 9.98. The van der Waals surface area contributed by atoms with Crippen LogP contribution in [-0.2, 0) is 10.9 Å². The summed E-state index contributed by atoms with van der Waals surface area (Å²) in [5.41, 5.74) is -3.89. The van der Waals surface area contributed by atoms with Crippen molar-refractivity contribution < 1.29 is 40.7 Å². The van der Waals surface area contributed by atoms with Crippen molar-refractivity contribution in [1.29, 1.82) is 0 Å². The molecule has 0 heterocycles. The smallest absolute Gasteiger partial charge is 0.417 e. The monoisotopic (exact) mass is 565 g/mol. The number of benzene rings is 2. The molecule has 0 aliphatic carbocycles. The molecule has 0 aromatic heterocycles. The molecule has 0 fully saturated rings. The van der Waals surface area contributed by atoms with Crippen LogP contribution >= 0.6 is 15.9 Å². The molecule has 1 N–H and O–H groups in total. The molecule has 2 aromatic rings. The van der Waals surface area contributed by atoms with Gasteiger partial charge >= 0.3 is 18.4 Å². The fourth-order valence-electron chi connectivity index (χ4n) is 2.96. The third-order valence-electron chi connectivity index (χ3n) is 4.55. The minimum Gasteiger partial charge on any atom is -0.444 e. The lowest BCUT2D eigenvalue weighted by Gasteiger charge is -2.22. The standard InChI is InChI=1S/C24H22BrF6NO3/c1-13(32-21(34)35-22(2,3)4)14-5-7-15(8-6-14)20(33)12-19(24(29,30)31)16-9-17(23(26,27)28)11-18(25)10-16/h5-13H,1-4H3,(H,32,34)/t13-/m0/s1. The van der Waals surface area contributed by atoms with Gasteiger partial charge in [0.25, 0.3) is 0 Å². The average Bonchev–Trinajstić information content (AvgIpc) is 2.68. The summed E-state index contributed by atoms with van der Waals surface area (Å²) >= 11 is 2.79. The molecule has 0 unspecified atom stereocenters. The SMILES string of the molecule is C[C@H](NC(=O)OC(C)(C)C)c1ccc(C(=O)C=C(c2cc(Br)cc(C(F)(F)F)c2)C(F)(F)F)cc1. The van der Waals surface area contributed by atoms with Gasteiger partial charge in [0.05, 0.1) is 17.2 Å². The number of hydrogen-bond donors (Lipinski definition) is 1. The van der Waals surface area contributed by atoms with Crippen LogP contribution in [0.25, 0.3) is 5.57 Å². The number of alkyl carbamates (subject to hydrolysis) is 1. The fraction of sp³-hybridized carbons (Fsp3) is 0.333. The zero-order valence-electron chi connectivity index (χ0n) is 19.1. The minimum absolute atomic E-state index is 0.119. The third kappa shape index (κ3) is 8.41. The van der Waals surface area contributed by atoms with Crippen molar-refractivity contribution in [2.45, 2.75) is 51.7 Å². The maximum atomic E-state index is 13.7. The summed E-state index contributed by atoms with van der Waals surface area (Å²) in [6.45, 7) is 6.73. The summed E-state index contributed by atoms with van der Waals surface area (Å²) in [5, 5.41) is 2.59. The van der Waals surface area contributed by atoms with Crippen molar-refractivity contribution >= 4 is 33.4 Å².